The monoisotopic (exact) mass is 523 g/mol. The molecule has 0 unspecified atom stereocenters. The van der Waals surface area contributed by atoms with Crippen LogP contribution in [0.25, 0.3) is 10.2 Å². The van der Waals surface area contributed by atoms with Crippen LogP contribution < -0.4 is 4.90 Å². The van der Waals surface area contributed by atoms with E-state index in [1.165, 1.54) is 11.3 Å². The van der Waals surface area contributed by atoms with Gasteiger partial charge in [-0.2, -0.15) is 0 Å². The molecule has 0 spiro atoms. The van der Waals surface area contributed by atoms with Crippen LogP contribution in [0.2, 0.25) is 10.0 Å². The van der Waals surface area contributed by atoms with Gasteiger partial charge in [-0.15, -0.1) is 11.8 Å². The third-order valence-electron chi connectivity index (χ3n) is 5.47. The molecule has 1 aliphatic heterocycles. The first kappa shape index (κ1) is 24.8. The van der Waals surface area contributed by atoms with E-state index < -0.39 is 0 Å². The first-order valence-corrected chi connectivity index (χ1v) is 13.7. The number of hydrogen-bond donors (Lipinski definition) is 0. The summed E-state index contributed by atoms with van der Waals surface area (Å²) in [4.78, 5) is 23.4. The van der Waals surface area contributed by atoms with Gasteiger partial charge in [-0.05, 0) is 55.0 Å². The van der Waals surface area contributed by atoms with Crippen LogP contribution in [0, 0.1) is 0 Å². The maximum absolute atomic E-state index is 13.2. The Morgan fingerprint density at radius 2 is 1.91 bits per heavy atom. The molecule has 0 atom stereocenters. The summed E-state index contributed by atoms with van der Waals surface area (Å²) in [7, 11) is 0. The van der Waals surface area contributed by atoms with Crippen molar-refractivity contribution < 1.29 is 9.53 Å². The number of ether oxygens (including phenoxy) is 1. The molecular formula is C24H27Cl2N3O2S2. The minimum atomic E-state index is 0.115. The molecule has 2 heterocycles. The Bertz CT molecular complexity index is 1060. The molecule has 176 valence electrons. The number of morpholine rings is 1. The molecule has 0 aliphatic carbocycles. The number of hydrogen-bond acceptors (Lipinski definition) is 6. The topological polar surface area (TPSA) is 45.7 Å². The second-order valence-corrected chi connectivity index (χ2v) is 10.9. The van der Waals surface area contributed by atoms with E-state index >= 15 is 0 Å². The van der Waals surface area contributed by atoms with E-state index in [2.05, 4.69) is 4.90 Å². The Balaban J connectivity index is 1.37. The van der Waals surface area contributed by atoms with Crippen LogP contribution in [0.1, 0.15) is 19.3 Å². The van der Waals surface area contributed by atoms with E-state index in [-0.39, 0.29) is 5.91 Å². The quantitative estimate of drug-likeness (QED) is 0.232. The molecule has 0 N–H and O–H groups in total. The molecular weight excluding hydrogens is 497 g/mol. The summed E-state index contributed by atoms with van der Waals surface area (Å²) < 4.78 is 6.44. The normalized spacial score (nSPS) is 14.6. The minimum Gasteiger partial charge on any atom is -0.379 e. The number of anilines is 1. The second-order valence-electron chi connectivity index (χ2n) is 7.84. The molecule has 1 amide bonds. The number of aromatic nitrogens is 1. The van der Waals surface area contributed by atoms with Gasteiger partial charge in [-0.3, -0.25) is 14.6 Å². The van der Waals surface area contributed by atoms with E-state index in [9.17, 15) is 4.79 Å². The summed E-state index contributed by atoms with van der Waals surface area (Å²) in [5, 5.41) is 2.09. The Kier molecular flexibility index (Phi) is 9.29. The van der Waals surface area contributed by atoms with Crippen molar-refractivity contribution in [3.8, 4) is 0 Å². The first-order valence-electron chi connectivity index (χ1n) is 11.1. The predicted molar refractivity (Wildman–Crippen MR) is 140 cm³/mol. The predicted octanol–water partition coefficient (Wildman–Crippen LogP) is 6.23. The number of fused-ring (bicyclic) bond motifs is 1. The number of thioether (sulfide) groups is 1. The van der Waals surface area contributed by atoms with Crippen molar-refractivity contribution >= 4 is 67.6 Å². The van der Waals surface area contributed by atoms with Crippen molar-refractivity contribution in [2.45, 2.75) is 24.2 Å². The van der Waals surface area contributed by atoms with Gasteiger partial charge in [-0.1, -0.05) is 40.6 Å². The number of carbonyl (C=O) groups is 1. The van der Waals surface area contributed by atoms with Crippen molar-refractivity contribution in [2.24, 2.45) is 0 Å². The fourth-order valence-electron chi connectivity index (χ4n) is 3.70. The van der Waals surface area contributed by atoms with Gasteiger partial charge in [0.2, 0.25) is 5.91 Å². The van der Waals surface area contributed by atoms with Crippen molar-refractivity contribution in [2.75, 3.05) is 50.0 Å². The summed E-state index contributed by atoms with van der Waals surface area (Å²) in [6, 6.07) is 13.6. The zero-order valence-electron chi connectivity index (χ0n) is 18.3. The zero-order chi connectivity index (χ0) is 23.0. The highest BCUT2D eigenvalue weighted by atomic mass is 35.5. The summed E-state index contributed by atoms with van der Waals surface area (Å²) in [5.41, 5.74) is 0.767. The number of thiazole rings is 1. The molecule has 4 rings (SSSR count). The highest BCUT2D eigenvalue weighted by Crippen LogP contribution is 2.33. The molecule has 0 bridgehead atoms. The molecule has 1 saturated heterocycles. The Hall–Kier alpha value is -1.35. The van der Waals surface area contributed by atoms with Crippen LogP contribution >= 0.6 is 46.3 Å². The number of carbonyl (C=O) groups excluding carboxylic acids is 1. The van der Waals surface area contributed by atoms with Crippen LogP contribution in [-0.2, 0) is 9.53 Å². The lowest BCUT2D eigenvalue weighted by molar-refractivity contribution is -0.118. The average Bonchev–Trinajstić information content (AvgIpc) is 3.26. The summed E-state index contributed by atoms with van der Waals surface area (Å²) in [5.74, 6) is 0.990. The molecule has 9 heteroatoms. The van der Waals surface area contributed by atoms with E-state index in [1.54, 1.807) is 11.8 Å². The zero-order valence-corrected chi connectivity index (χ0v) is 21.5. The Labute approximate surface area is 213 Å². The third-order valence-corrected chi connectivity index (χ3v) is 8.17. The largest absolute Gasteiger partial charge is 0.379 e. The summed E-state index contributed by atoms with van der Waals surface area (Å²) in [6.07, 6.45) is 2.19. The second kappa shape index (κ2) is 12.4. The van der Waals surface area contributed by atoms with Gasteiger partial charge in [0.05, 0.1) is 22.9 Å². The number of rotatable bonds is 10. The molecule has 3 aromatic rings. The van der Waals surface area contributed by atoms with Gasteiger partial charge < -0.3 is 4.74 Å². The van der Waals surface area contributed by atoms with Crippen molar-refractivity contribution in [1.82, 2.24) is 9.88 Å². The van der Waals surface area contributed by atoms with Crippen LogP contribution in [-0.4, -0.2) is 60.9 Å². The van der Waals surface area contributed by atoms with Crippen molar-refractivity contribution in [3.63, 3.8) is 0 Å². The fraction of sp³-hybridized carbons (Fsp3) is 0.417. The molecule has 1 aromatic heterocycles. The van der Waals surface area contributed by atoms with E-state index in [0.717, 1.165) is 76.7 Å². The Morgan fingerprint density at radius 1 is 1.12 bits per heavy atom. The standard InChI is InChI=1S/C24H27Cl2N3O2S2/c25-18-7-9-19(10-8-18)32-17-2-6-22(30)29(12-3-11-28-13-15-31-16-14-28)24-27-23-20(26)4-1-5-21(23)33-24/h1,4-5,7-10H,2-3,6,11-17H2. The number of amides is 1. The van der Waals surface area contributed by atoms with Crippen molar-refractivity contribution in [1.29, 1.82) is 0 Å². The molecule has 1 fully saturated rings. The van der Waals surface area contributed by atoms with Crippen LogP contribution in [0.3, 0.4) is 0 Å². The maximum atomic E-state index is 13.2. The van der Waals surface area contributed by atoms with E-state index in [1.807, 2.05) is 47.4 Å². The van der Waals surface area contributed by atoms with E-state index in [0.29, 0.717) is 18.0 Å². The SMILES string of the molecule is O=C(CCCSc1ccc(Cl)cc1)N(CCCN1CCOCC1)c1nc2c(Cl)cccc2s1. The molecule has 2 aromatic carbocycles. The summed E-state index contributed by atoms with van der Waals surface area (Å²) in [6.45, 7) is 5.07. The Morgan fingerprint density at radius 3 is 2.67 bits per heavy atom. The minimum absolute atomic E-state index is 0.115. The highest BCUT2D eigenvalue weighted by Gasteiger charge is 2.21. The van der Waals surface area contributed by atoms with Crippen LogP contribution in [0.15, 0.2) is 47.4 Å². The summed E-state index contributed by atoms with van der Waals surface area (Å²) >= 11 is 15.6. The van der Waals surface area contributed by atoms with Gasteiger partial charge in [0.15, 0.2) is 5.13 Å². The first-order chi connectivity index (χ1) is 16.1. The lowest BCUT2D eigenvalue weighted by Crippen LogP contribution is -2.39. The lowest BCUT2D eigenvalue weighted by atomic mass is 10.2. The molecule has 0 saturated carbocycles. The van der Waals surface area contributed by atoms with Gasteiger partial charge in [0.1, 0.15) is 5.52 Å². The van der Waals surface area contributed by atoms with Gasteiger partial charge in [-0.25, -0.2) is 4.98 Å². The smallest absolute Gasteiger partial charge is 0.228 e. The lowest BCUT2D eigenvalue weighted by Gasteiger charge is -2.27. The molecule has 0 radical (unpaired) electrons. The van der Waals surface area contributed by atoms with Gasteiger partial charge >= 0.3 is 0 Å². The highest BCUT2D eigenvalue weighted by molar-refractivity contribution is 7.99. The molecule has 33 heavy (non-hydrogen) atoms. The number of para-hydroxylation sites is 1. The fourth-order valence-corrected chi connectivity index (χ4v) is 5.99. The van der Waals surface area contributed by atoms with Crippen LogP contribution in [0.4, 0.5) is 5.13 Å². The third kappa shape index (κ3) is 7.07. The van der Waals surface area contributed by atoms with Gasteiger partial charge in [0, 0.05) is 42.5 Å². The van der Waals surface area contributed by atoms with Crippen molar-refractivity contribution in [3.05, 3.63) is 52.5 Å². The van der Waals surface area contributed by atoms with E-state index in [4.69, 9.17) is 32.9 Å². The maximum Gasteiger partial charge on any atom is 0.228 e. The van der Waals surface area contributed by atoms with Gasteiger partial charge in [0.25, 0.3) is 0 Å². The molecule has 1 aliphatic rings. The number of nitrogens with zero attached hydrogens (tertiary/aromatic N) is 3. The number of benzene rings is 2. The molecule has 5 nitrogen and oxygen atoms in total. The average molecular weight is 525 g/mol. The van der Waals surface area contributed by atoms with Crippen LogP contribution in [0.5, 0.6) is 0 Å². The number of halogens is 2.